The lowest BCUT2D eigenvalue weighted by Gasteiger charge is -2.66. The third kappa shape index (κ3) is 5.49. The smallest absolute Gasteiger partial charge is 0.331 e. The molecule has 0 amide bonds. The highest BCUT2D eigenvalue weighted by molar-refractivity contribution is 5.85. The monoisotopic (exact) mass is 536 g/mol. The molecule has 0 spiro atoms. The number of methoxy groups -OCH3 is 1. The average molecular weight is 537 g/mol. The summed E-state index contributed by atoms with van der Waals surface area (Å²) in [7, 11) is 1.65. The minimum absolute atomic E-state index is 0.0400. The van der Waals surface area contributed by atoms with E-state index < -0.39 is 46.5 Å². The van der Waals surface area contributed by atoms with Crippen LogP contribution in [0, 0.1) is 28.6 Å². The van der Waals surface area contributed by atoms with E-state index in [0.717, 1.165) is 12.8 Å². The molecule has 3 rings (SSSR count). The van der Waals surface area contributed by atoms with Crippen molar-refractivity contribution in [3.63, 3.8) is 0 Å². The molecule has 1 heterocycles. The van der Waals surface area contributed by atoms with Gasteiger partial charge in [0.25, 0.3) is 0 Å². The predicted molar refractivity (Wildman–Crippen MR) is 138 cm³/mol. The molecule has 9 nitrogen and oxygen atoms in total. The number of hydrogen-bond acceptors (Lipinski definition) is 9. The second-order valence-electron chi connectivity index (χ2n) is 12.1. The maximum Gasteiger partial charge on any atom is 0.331 e. The third-order valence-corrected chi connectivity index (χ3v) is 9.54. The molecule has 3 aliphatic rings. The first-order valence-electron chi connectivity index (χ1n) is 13.6. The topological polar surface area (TPSA) is 114 Å². The van der Waals surface area contributed by atoms with Gasteiger partial charge in [-0.3, -0.25) is 14.4 Å². The highest BCUT2D eigenvalue weighted by Crippen LogP contribution is 2.66. The lowest BCUT2D eigenvalue weighted by Crippen LogP contribution is -2.70. The van der Waals surface area contributed by atoms with Crippen molar-refractivity contribution in [3.8, 4) is 0 Å². The normalized spacial score (nSPS) is 35.6. The van der Waals surface area contributed by atoms with Crippen LogP contribution in [0.4, 0.5) is 0 Å². The van der Waals surface area contributed by atoms with Gasteiger partial charge in [0.15, 0.2) is 0 Å². The summed E-state index contributed by atoms with van der Waals surface area (Å²) in [5, 5.41) is 0. The van der Waals surface area contributed by atoms with Crippen LogP contribution in [0.2, 0.25) is 0 Å². The summed E-state index contributed by atoms with van der Waals surface area (Å²) in [5.74, 6) is -2.02. The van der Waals surface area contributed by atoms with Gasteiger partial charge in [-0.25, -0.2) is 4.79 Å². The van der Waals surface area contributed by atoms with E-state index in [1.807, 2.05) is 6.92 Å². The first-order valence-corrected chi connectivity index (χ1v) is 13.6. The number of cyclic esters (lactones) is 1. The van der Waals surface area contributed by atoms with Crippen LogP contribution in [0.15, 0.2) is 11.6 Å². The Morgan fingerprint density at radius 1 is 1.16 bits per heavy atom. The molecule has 2 fully saturated rings. The Labute approximate surface area is 225 Å². The molecule has 1 aliphatic heterocycles. The number of hydrogen-bond donors (Lipinski definition) is 0. The molecule has 0 aromatic heterocycles. The van der Waals surface area contributed by atoms with Crippen LogP contribution in [0.25, 0.3) is 0 Å². The second kappa shape index (κ2) is 11.4. The van der Waals surface area contributed by atoms with Gasteiger partial charge in [0.1, 0.15) is 25.4 Å². The molecule has 38 heavy (non-hydrogen) atoms. The fourth-order valence-electron chi connectivity index (χ4n) is 7.19. The van der Waals surface area contributed by atoms with Crippen molar-refractivity contribution in [2.24, 2.45) is 28.6 Å². The van der Waals surface area contributed by atoms with Crippen LogP contribution in [-0.2, 0) is 42.9 Å². The molecule has 0 bridgehead atoms. The minimum atomic E-state index is -0.832. The highest BCUT2D eigenvalue weighted by Gasteiger charge is 2.69. The Kier molecular flexibility index (Phi) is 9.01. The van der Waals surface area contributed by atoms with Gasteiger partial charge in [0.2, 0.25) is 0 Å². The number of ether oxygens (including phenoxy) is 5. The number of esters is 4. The molecule has 0 aromatic carbocycles. The molecule has 0 unspecified atom stereocenters. The number of rotatable bonds is 9. The molecular formula is C29H44O9. The van der Waals surface area contributed by atoms with Gasteiger partial charge in [-0.15, -0.1) is 0 Å². The quantitative estimate of drug-likeness (QED) is 0.316. The Balaban J connectivity index is 2.14. The maximum atomic E-state index is 12.8. The lowest BCUT2D eigenvalue weighted by atomic mass is 9.42. The van der Waals surface area contributed by atoms with E-state index in [4.69, 9.17) is 23.7 Å². The van der Waals surface area contributed by atoms with E-state index in [9.17, 15) is 19.2 Å². The van der Waals surface area contributed by atoms with Gasteiger partial charge in [-0.1, -0.05) is 34.1 Å². The van der Waals surface area contributed by atoms with Gasteiger partial charge < -0.3 is 23.7 Å². The first-order chi connectivity index (χ1) is 17.7. The molecule has 7 atom stereocenters. The van der Waals surface area contributed by atoms with Crippen LogP contribution < -0.4 is 0 Å². The Morgan fingerprint density at radius 3 is 2.37 bits per heavy atom. The zero-order chi connectivity index (χ0) is 28.5. The van der Waals surface area contributed by atoms with Crippen LogP contribution in [0.3, 0.4) is 0 Å². The van der Waals surface area contributed by atoms with Crippen molar-refractivity contribution >= 4 is 23.9 Å². The second-order valence-corrected chi connectivity index (χ2v) is 12.1. The summed E-state index contributed by atoms with van der Waals surface area (Å²) in [6.45, 7) is 12.7. The summed E-state index contributed by atoms with van der Waals surface area (Å²) >= 11 is 0. The van der Waals surface area contributed by atoms with Gasteiger partial charge in [-0.2, -0.15) is 0 Å². The third-order valence-electron chi connectivity index (χ3n) is 9.54. The predicted octanol–water partition coefficient (Wildman–Crippen LogP) is 4.16. The molecule has 2 aliphatic carbocycles. The minimum Gasteiger partial charge on any atom is -0.465 e. The van der Waals surface area contributed by atoms with Crippen LogP contribution in [-0.4, -0.2) is 62.0 Å². The van der Waals surface area contributed by atoms with Gasteiger partial charge in [-0.05, 0) is 49.9 Å². The highest BCUT2D eigenvalue weighted by atomic mass is 16.6. The number of fused-ring (bicyclic) bond motifs is 1. The molecule has 2 saturated carbocycles. The zero-order valence-electron chi connectivity index (χ0n) is 24.1. The molecule has 9 heteroatoms. The van der Waals surface area contributed by atoms with Crippen molar-refractivity contribution < 1.29 is 42.9 Å². The molecule has 0 radical (unpaired) electrons. The van der Waals surface area contributed by atoms with Crippen LogP contribution >= 0.6 is 0 Å². The molecule has 0 saturated heterocycles. The molecule has 214 valence electrons. The summed E-state index contributed by atoms with van der Waals surface area (Å²) in [6.07, 6.45) is 3.55. The first kappa shape index (κ1) is 30.1. The van der Waals surface area contributed by atoms with E-state index in [-0.39, 0.29) is 36.9 Å². The van der Waals surface area contributed by atoms with Crippen molar-refractivity contribution in [2.45, 2.75) is 98.4 Å². The Bertz CT molecular complexity index is 971. The van der Waals surface area contributed by atoms with E-state index in [1.54, 1.807) is 21.0 Å². The van der Waals surface area contributed by atoms with Crippen molar-refractivity contribution in [1.29, 1.82) is 0 Å². The van der Waals surface area contributed by atoms with Gasteiger partial charge >= 0.3 is 23.9 Å². The summed E-state index contributed by atoms with van der Waals surface area (Å²) in [6, 6.07) is 0. The molecule has 0 N–H and O–H groups in total. The van der Waals surface area contributed by atoms with E-state index in [2.05, 4.69) is 13.8 Å². The number of carbonyl (C=O) groups excluding carboxylic acids is 4. The van der Waals surface area contributed by atoms with Gasteiger partial charge in [0, 0.05) is 32.6 Å². The van der Waals surface area contributed by atoms with E-state index >= 15 is 0 Å². The van der Waals surface area contributed by atoms with Crippen molar-refractivity contribution in [1.82, 2.24) is 0 Å². The standard InChI is InChI=1S/C29H44O9/c1-17(2)26(33)38-22(21-13-25(32)35-15-21)14-27(6)18(3)12-24(37-20(5)31)29(16-36-19(4)30)23(27)10-9-11-28(29,7)34-8/h13,17-18,22-24H,9-12,14-16H2,1-8H3/t18-,22+,23-,24+,27+,28-,29+/m1/s1. The fraction of sp³-hybridized carbons (Fsp3) is 0.793. The van der Waals surface area contributed by atoms with Crippen molar-refractivity contribution in [3.05, 3.63) is 11.6 Å². The zero-order valence-corrected chi connectivity index (χ0v) is 24.1. The average Bonchev–Trinajstić information content (AvgIpc) is 3.27. The molecule has 0 aromatic rings. The largest absolute Gasteiger partial charge is 0.465 e. The van der Waals surface area contributed by atoms with E-state index in [0.29, 0.717) is 24.8 Å². The summed E-state index contributed by atoms with van der Waals surface area (Å²) in [4.78, 5) is 49.1. The Morgan fingerprint density at radius 2 is 1.84 bits per heavy atom. The van der Waals surface area contributed by atoms with Crippen molar-refractivity contribution in [2.75, 3.05) is 20.3 Å². The SMILES string of the molecule is CO[C@]1(C)CCC[C@@H]2[C@@](C)(C[C@H](OC(=O)C(C)C)C3=CC(=O)OC3)[C@H](C)C[C@H](OC(C)=O)[C@]21COC(C)=O. The Hall–Kier alpha value is -2.42. The maximum absolute atomic E-state index is 12.8. The van der Waals surface area contributed by atoms with Crippen LogP contribution in [0.1, 0.15) is 80.6 Å². The summed E-state index contributed by atoms with van der Waals surface area (Å²) in [5.41, 5.74) is -1.40. The molecular weight excluding hydrogens is 492 g/mol. The van der Waals surface area contributed by atoms with E-state index in [1.165, 1.54) is 19.9 Å². The van der Waals surface area contributed by atoms with Crippen LogP contribution in [0.5, 0.6) is 0 Å². The number of carbonyl (C=O) groups is 4. The van der Waals surface area contributed by atoms with Gasteiger partial charge in [0.05, 0.1) is 16.9 Å². The lowest BCUT2D eigenvalue weighted by molar-refractivity contribution is -0.278. The fourth-order valence-corrected chi connectivity index (χ4v) is 7.19. The summed E-state index contributed by atoms with van der Waals surface area (Å²) < 4.78 is 29.1.